The third-order valence-electron chi connectivity index (χ3n) is 4.39. The van der Waals surface area contributed by atoms with Gasteiger partial charge in [0.25, 0.3) is 0 Å². The third kappa shape index (κ3) is 2.42. The average Bonchev–Trinajstić information content (AvgIpc) is 2.93. The van der Waals surface area contributed by atoms with E-state index in [-0.39, 0.29) is 0 Å². The molecule has 1 saturated carbocycles. The number of rotatable bonds is 3. The van der Waals surface area contributed by atoms with Gasteiger partial charge in [0.15, 0.2) is 0 Å². The fraction of sp³-hybridized carbons (Fsp3) is 0.600. The van der Waals surface area contributed by atoms with E-state index in [0.717, 1.165) is 50.1 Å². The second-order valence-corrected chi connectivity index (χ2v) is 6.18. The number of benzene rings is 1. The van der Waals surface area contributed by atoms with Crippen LogP contribution >= 0.6 is 11.6 Å². The molecular formula is C15H20ClNO. The van der Waals surface area contributed by atoms with Crippen molar-refractivity contribution in [1.29, 1.82) is 0 Å². The minimum atomic E-state index is -0.463. The van der Waals surface area contributed by atoms with Crippen LogP contribution in [0.4, 0.5) is 0 Å². The quantitative estimate of drug-likeness (QED) is 0.880. The SMILES string of the molecule is OC1(CNC2CCc3cc(Cl)ccc32)CCCC1. The molecule has 0 amide bonds. The van der Waals surface area contributed by atoms with E-state index in [0.29, 0.717) is 6.04 Å². The summed E-state index contributed by atoms with van der Waals surface area (Å²) in [4.78, 5) is 0. The molecule has 1 unspecified atom stereocenters. The summed E-state index contributed by atoms with van der Waals surface area (Å²) in [7, 11) is 0. The van der Waals surface area contributed by atoms with Crippen molar-refractivity contribution in [2.45, 2.75) is 50.2 Å². The van der Waals surface area contributed by atoms with Crippen LogP contribution in [0.25, 0.3) is 0 Å². The van der Waals surface area contributed by atoms with Crippen molar-refractivity contribution in [3.05, 3.63) is 34.3 Å². The van der Waals surface area contributed by atoms with Crippen LogP contribution in [-0.4, -0.2) is 17.3 Å². The van der Waals surface area contributed by atoms with Gasteiger partial charge >= 0.3 is 0 Å². The van der Waals surface area contributed by atoms with Gasteiger partial charge < -0.3 is 10.4 Å². The molecule has 18 heavy (non-hydrogen) atoms. The monoisotopic (exact) mass is 265 g/mol. The Hall–Kier alpha value is -0.570. The molecule has 1 aromatic carbocycles. The van der Waals surface area contributed by atoms with Crippen LogP contribution < -0.4 is 5.32 Å². The summed E-state index contributed by atoms with van der Waals surface area (Å²) >= 11 is 6.01. The van der Waals surface area contributed by atoms with Crippen LogP contribution in [0.2, 0.25) is 5.02 Å². The van der Waals surface area contributed by atoms with Crippen LogP contribution in [0, 0.1) is 0 Å². The number of nitrogens with one attached hydrogen (secondary N) is 1. The first-order valence-electron chi connectivity index (χ1n) is 6.90. The van der Waals surface area contributed by atoms with E-state index in [4.69, 9.17) is 11.6 Å². The molecule has 0 heterocycles. The van der Waals surface area contributed by atoms with Gasteiger partial charge in [0, 0.05) is 17.6 Å². The predicted octanol–water partition coefficient (Wildman–Crippen LogP) is 3.22. The molecule has 0 aliphatic heterocycles. The molecule has 98 valence electrons. The number of fused-ring (bicyclic) bond motifs is 1. The number of halogens is 1. The molecule has 0 radical (unpaired) electrons. The number of hydrogen-bond donors (Lipinski definition) is 2. The van der Waals surface area contributed by atoms with E-state index in [1.165, 1.54) is 11.1 Å². The Morgan fingerprint density at radius 2 is 2.11 bits per heavy atom. The minimum Gasteiger partial charge on any atom is -0.389 e. The Kier molecular flexibility index (Phi) is 3.35. The van der Waals surface area contributed by atoms with Crippen LogP contribution in [0.15, 0.2) is 18.2 Å². The lowest BCUT2D eigenvalue weighted by Crippen LogP contribution is -2.39. The first-order valence-corrected chi connectivity index (χ1v) is 7.28. The Bertz CT molecular complexity index is 440. The van der Waals surface area contributed by atoms with E-state index in [9.17, 15) is 5.11 Å². The van der Waals surface area contributed by atoms with Gasteiger partial charge in [-0.2, -0.15) is 0 Å². The first-order chi connectivity index (χ1) is 8.66. The third-order valence-corrected chi connectivity index (χ3v) is 4.63. The zero-order valence-corrected chi connectivity index (χ0v) is 11.3. The lowest BCUT2D eigenvalue weighted by molar-refractivity contribution is 0.0448. The molecule has 2 N–H and O–H groups in total. The molecule has 0 spiro atoms. The maximum Gasteiger partial charge on any atom is 0.0771 e. The highest BCUT2D eigenvalue weighted by atomic mass is 35.5. The highest BCUT2D eigenvalue weighted by Gasteiger charge is 2.32. The van der Waals surface area contributed by atoms with Crippen molar-refractivity contribution < 1.29 is 5.11 Å². The maximum atomic E-state index is 10.4. The van der Waals surface area contributed by atoms with E-state index >= 15 is 0 Å². The molecule has 3 heteroatoms. The number of hydrogen-bond acceptors (Lipinski definition) is 2. The van der Waals surface area contributed by atoms with E-state index in [2.05, 4.69) is 17.4 Å². The Balaban J connectivity index is 1.66. The molecule has 2 aliphatic rings. The second kappa shape index (κ2) is 4.84. The standard InChI is InChI=1S/C15H20ClNO/c16-12-4-5-13-11(9-12)3-6-14(13)17-10-15(18)7-1-2-8-15/h4-5,9,14,17-18H,1-3,6-8,10H2. The van der Waals surface area contributed by atoms with Crippen molar-refractivity contribution in [3.63, 3.8) is 0 Å². The highest BCUT2D eigenvalue weighted by molar-refractivity contribution is 6.30. The molecule has 0 bridgehead atoms. The van der Waals surface area contributed by atoms with Gasteiger partial charge in [-0.1, -0.05) is 30.5 Å². The minimum absolute atomic E-state index is 0.391. The smallest absolute Gasteiger partial charge is 0.0771 e. The largest absolute Gasteiger partial charge is 0.389 e. The molecule has 2 nitrogen and oxygen atoms in total. The molecular weight excluding hydrogens is 246 g/mol. The van der Waals surface area contributed by atoms with Crippen molar-refractivity contribution >= 4 is 11.6 Å². The fourth-order valence-electron chi connectivity index (χ4n) is 3.32. The van der Waals surface area contributed by atoms with Crippen molar-refractivity contribution in [2.24, 2.45) is 0 Å². The average molecular weight is 266 g/mol. The molecule has 3 rings (SSSR count). The fourth-order valence-corrected chi connectivity index (χ4v) is 3.52. The molecule has 1 aromatic rings. The summed E-state index contributed by atoms with van der Waals surface area (Å²) < 4.78 is 0. The summed E-state index contributed by atoms with van der Waals surface area (Å²) in [6, 6.07) is 6.55. The van der Waals surface area contributed by atoms with Crippen LogP contribution in [0.3, 0.4) is 0 Å². The summed E-state index contributed by atoms with van der Waals surface area (Å²) in [5.41, 5.74) is 2.26. The van der Waals surface area contributed by atoms with E-state index in [1.54, 1.807) is 0 Å². The molecule has 0 aromatic heterocycles. The number of aliphatic hydroxyl groups is 1. The van der Waals surface area contributed by atoms with Gasteiger partial charge in [0.05, 0.1) is 5.60 Å². The molecule has 2 aliphatic carbocycles. The molecule has 1 fully saturated rings. The lowest BCUT2D eigenvalue weighted by atomic mass is 10.0. The first kappa shape index (κ1) is 12.5. The van der Waals surface area contributed by atoms with Gasteiger partial charge in [-0.05, 0) is 48.9 Å². The summed E-state index contributed by atoms with van der Waals surface area (Å²) in [6.45, 7) is 0.722. The summed E-state index contributed by atoms with van der Waals surface area (Å²) in [6.07, 6.45) is 6.42. The summed E-state index contributed by atoms with van der Waals surface area (Å²) in [5.74, 6) is 0. The summed E-state index contributed by atoms with van der Waals surface area (Å²) in [5, 5.41) is 14.7. The van der Waals surface area contributed by atoms with Crippen LogP contribution in [0.1, 0.15) is 49.3 Å². The van der Waals surface area contributed by atoms with Crippen molar-refractivity contribution in [3.8, 4) is 0 Å². The van der Waals surface area contributed by atoms with Crippen molar-refractivity contribution in [1.82, 2.24) is 5.32 Å². The lowest BCUT2D eigenvalue weighted by Gasteiger charge is -2.25. The molecule has 0 saturated heterocycles. The van der Waals surface area contributed by atoms with Crippen LogP contribution in [0.5, 0.6) is 0 Å². The number of aryl methyl sites for hydroxylation is 1. The van der Waals surface area contributed by atoms with Crippen LogP contribution in [-0.2, 0) is 6.42 Å². The Morgan fingerprint density at radius 3 is 2.89 bits per heavy atom. The second-order valence-electron chi connectivity index (χ2n) is 5.75. The normalized spacial score (nSPS) is 25.3. The van der Waals surface area contributed by atoms with Crippen molar-refractivity contribution in [2.75, 3.05) is 6.54 Å². The Morgan fingerprint density at radius 1 is 1.33 bits per heavy atom. The highest BCUT2D eigenvalue weighted by Crippen LogP contribution is 2.34. The topological polar surface area (TPSA) is 32.3 Å². The Labute approximate surface area is 113 Å². The molecule has 1 atom stereocenters. The van der Waals surface area contributed by atoms with Gasteiger partial charge in [-0.25, -0.2) is 0 Å². The van der Waals surface area contributed by atoms with E-state index < -0.39 is 5.60 Å². The maximum absolute atomic E-state index is 10.4. The zero-order chi connectivity index (χ0) is 12.6. The van der Waals surface area contributed by atoms with Gasteiger partial charge in [-0.15, -0.1) is 0 Å². The predicted molar refractivity (Wildman–Crippen MR) is 73.9 cm³/mol. The zero-order valence-electron chi connectivity index (χ0n) is 10.6. The van der Waals surface area contributed by atoms with Gasteiger partial charge in [0.2, 0.25) is 0 Å². The van der Waals surface area contributed by atoms with Gasteiger partial charge in [0.1, 0.15) is 0 Å². The van der Waals surface area contributed by atoms with E-state index in [1.807, 2.05) is 6.07 Å². The van der Waals surface area contributed by atoms with Gasteiger partial charge in [-0.3, -0.25) is 0 Å².